The Hall–Kier alpha value is -3.68. The topological polar surface area (TPSA) is 106 Å². The minimum Gasteiger partial charge on any atom is -0.467 e. The fourth-order valence-electron chi connectivity index (χ4n) is 2.73. The number of hydrogen-bond donors (Lipinski definition) is 1. The van der Waals surface area contributed by atoms with Crippen LogP contribution in [0.15, 0.2) is 53.7 Å². The van der Waals surface area contributed by atoms with Crippen LogP contribution in [0.1, 0.15) is 43.8 Å². The first-order chi connectivity index (χ1) is 13.4. The van der Waals surface area contributed by atoms with Crippen molar-refractivity contribution in [2.24, 2.45) is 0 Å². The fourth-order valence-corrected chi connectivity index (χ4v) is 2.73. The molecule has 1 aliphatic rings. The average Bonchev–Trinajstić information content (AvgIpc) is 3.29. The van der Waals surface area contributed by atoms with E-state index in [0.717, 1.165) is 4.90 Å². The molecule has 1 aromatic carbocycles. The monoisotopic (exact) mass is 382 g/mol. The molecule has 0 saturated heterocycles. The minimum atomic E-state index is -1.05. The van der Waals surface area contributed by atoms with E-state index in [4.69, 9.17) is 9.15 Å². The summed E-state index contributed by atoms with van der Waals surface area (Å²) in [5, 5.41) is 2.59. The van der Waals surface area contributed by atoms with E-state index < -0.39 is 29.8 Å². The van der Waals surface area contributed by atoms with Gasteiger partial charge in [0.05, 0.1) is 29.5 Å². The number of benzene rings is 1. The molecule has 8 nitrogen and oxygen atoms in total. The first kappa shape index (κ1) is 19.1. The summed E-state index contributed by atoms with van der Waals surface area (Å²) in [6, 6.07) is 7.49. The lowest BCUT2D eigenvalue weighted by atomic mass is 10.1. The summed E-state index contributed by atoms with van der Waals surface area (Å²) < 4.78 is 10.3. The molecule has 1 atom stereocenters. The van der Waals surface area contributed by atoms with E-state index in [1.165, 1.54) is 37.5 Å². The van der Waals surface area contributed by atoms with Gasteiger partial charge >= 0.3 is 5.97 Å². The molecule has 3 amide bonds. The van der Waals surface area contributed by atoms with Crippen molar-refractivity contribution >= 4 is 23.7 Å². The molecule has 0 fully saturated rings. The van der Waals surface area contributed by atoms with E-state index in [0.29, 0.717) is 5.76 Å². The molecule has 1 aromatic heterocycles. The quantitative estimate of drug-likeness (QED) is 0.446. The zero-order valence-corrected chi connectivity index (χ0v) is 15.1. The summed E-state index contributed by atoms with van der Waals surface area (Å²) in [6.45, 7) is 5.20. The second kappa shape index (κ2) is 7.91. The molecule has 0 saturated carbocycles. The van der Waals surface area contributed by atoms with Gasteiger partial charge in [0.1, 0.15) is 5.76 Å². The largest absolute Gasteiger partial charge is 0.467 e. The lowest BCUT2D eigenvalue weighted by molar-refractivity contribution is -0.129. The molecule has 3 rings (SSSR count). The highest BCUT2D eigenvalue weighted by Gasteiger charge is 2.35. The van der Waals surface area contributed by atoms with E-state index in [2.05, 4.69) is 11.9 Å². The van der Waals surface area contributed by atoms with Crippen molar-refractivity contribution in [3.05, 3.63) is 71.7 Å². The van der Waals surface area contributed by atoms with Crippen LogP contribution in [-0.4, -0.2) is 41.2 Å². The first-order valence-corrected chi connectivity index (χ1v) is 8.54. The van der Waals surface area contributed by atoms with Gasteiger partial charge in [-0.2, -0.15) is 0 Å². The van der Waals surface area contributed by atoms with Crippen molar-refractivity contribution in [2.75, 3.05) is 6.54 Å². The third-order valence-corrected chi connectivity index (χ3v) is 4.19. The van der Waals surface area contributed by atoms with Crippen molar-refractivity contribution in [1.82, 2.24) is 10.2 Å². The Balaban J connectivity index is 1.65. The van der Waals surface area contributed by atoms with Crippen molar-refractivity contribution in [1.29, 1.82) is 0 Å². The molecule has 0 aliphatic carbocycles. The van der Waals surface area contributed by atoms with Crippen molar-refractivity contribution in [2.45, 2.75) is 19.6 Å². The van der Waals surface area contributed by atoms with Crippen LogP contribution in [0.25, 0.3) is 0 Å². The van der Waals surface area contributed by atoms with Gasteiger partial charge in [0.2, 0.25) is 0 Å². The maximum atomic E-state index is 12.3. The summed E-state index contributed by atoms with van der Waals surface area (Å²) in [4.78, 5) is 50.0. The first-order valence-electron chi connectivity index (χ1n) is 8.54. The van der Waals surface area contributed by atoms with E-state index in [1.807, 2.05) is 0 Å². The van der Waals surface area contributed by atoms with Gasteiger partial charge in [-0.15, -0.1) is 6.58 Å². The number of carbonyl (C=O) groups is 4. The molecule has 144 valence electrons. The molecule has 0 radical (unpaired) electrons. The summed E-state index contributed by atoms with van der Waals surface area (Å²) >= 11 is 0. The normalized spacial score (nSPS) is 13.8. The number of nitrogens with one attached hydrogen (secondary N) is 1. The average molecular weight is 382 g/mol. The summed E-state index contributed by atoms with van der Waals surface area (Å²) in [5.74, 6) is -1.64. The number of imide groups is 1. The van der Waals surface area contributed by atoms with Crippen LogP contribution in [0.3, 0.4) is 0 Å². The second-order valence-electron chi connectivity index (χ2n) is 6.11. The highest BCUT2D eigenvalue weighted by atomic mass is 16.5. The molecule has 2 heterocycles. The van der Waals surface area contributed by atoms with Gasteiger partial charge in [0.15, 0.2) is 6.10 Å². The highest BCUT2D eigenvalue weighted by molar-refractivity contribution is 6.22. The second-order valence-corrected chi connectivity index (χ2v) is 6.11. The Bertz CT molecular complexity index is 948. The maximum absolute atomic E-state index is 12.3. The maximum Gasteiger partial charge on any atom is 0.338 e. The van der Waals surface area contributed by atoms with E-state index in [9.17, 15) is 19.2 Å². The lowest BCUT2D eigenvalue weighted by Crippen LogP contribution is -2.35. The van der Waals surface area contributed by atoms with E-state index >= 15 is 0 Å². The zero-order valence-electron chi connectivity index (χ0n) is 15.1. The van der Waals surface area contributed by atoms with Crippen LogP contribution < -0.4 is 5.32 Å². The molecule has 0 bridgehead atoms. The van der Waals surface area contributed by atoms with Gasteiger partial charge in [-0.05, 0) is 37.3 Å². The van der Waals surface area contributed by atoms with Gasteiger partial charge in [-0.3, -0.25) is 19.3 Å². The third-order valence-electron chi connectivity index (χ3n) is 4.19. The lowest BCUT2D eigenvalue weighted by Gasteiger charge is -2.13. The van der Waals surface area contributed by atoms with Crippen LogP contribution in [0.5, 0.6) is 0 Å². The number of carbonyl (C=O) groups excluding carboxylic acids is 4. The van der Waals surface area contributed by atoms with Gasteiger partial charge in [-0.1, -0.05) is 6.08 Å². The fraction of sp³-hybridized carbons (Fsp3) is 0.200. The Morgan fingerprint density at radius 3 is 2.68 bits per heavy atom. The predicted molar refractivity (Wildman–Crippen MR) is 97.4 cm³/mol. The van der Waals surface area contributed by atoms with Crippen LogP contribution in [0, 0.1) is 0 Å². The number of nitrogens with zero attached hydrogens (tertiary/aromatic N) is 1. The smallest absolute Gasteiger partial charge is 0.338 e. The van der Waals surface area contributed by atoms with Gasteiger partial charge in [-0.25, -0.2) is 4.79 Å². The number of fused-ring (bicyclic) bond motifs is 1. The van der Waals surface area contributed by atoms with Gasteiger partial charge in [0.25, 0.3) is 17.7 Å². The molecule has 1 N–H and O–H groups in total. The highest BCUT2D eigenvalue weighted by Crippen LogP contribution is 2.24. The SMILES string of the molecule is C=CCN1C(=O)c2ccc(C(=O)O[C@H](C)C(=O)NCc3ccco3)cc2C1=O. The van der Waals surface area contributed by atoms with Crippen LogP contribution in [-0.2, 0) is 16.1 Å². The van der Waals surface area contributed by atoms with Crippen LogP contribution in [0.4, 0.5) is 0 Å². The summed E-state index contributed by atoms with van der Waals surface area (Å²) in [6.07, 6.45) is 1.88. The number of rotatable bonds is 7. The number of ether oxygens (including phenoxy) is 1. The molecule has 1 aliphatic heterocycles. The van der Waals surface area contributed by atoms with Crippen molar-refractivity contribution in [3.63, 3.8) is 0 Å². The number of hydrogen-bond acceptors (Lipinski definition) is 6. The van der Waals surface area contributed by atoms with Crippen LogP contribution >= 0.6 is 0 Å². The molecule has 2 aromatic rings. The summed E-state index contributed by atoms with van der Waals surface area (Å²) in [5.41, 5.74) is 0.412. The number of esters is 1. The molecule has 28 heavy (non-hydrogen) atoms. The zero-order chi connectivity index (χ0) is 20.3. The van der Waals surface area contributed by atoms with Crippen molar-refractivity contribution < 1.29 is 28.3 Å². The molecule has 0 spiro atoms. The van der Waals surface area contributed by atoms with Crippen LogP contribution in [0.2, 0.25) is 0 Å². The molecule has 8 heteroatoms. The third kappa shape index (κ3) is 3.71. The Morgan fingerprint density at radius 1 is 1.25 bits per heavy atom. The standard InChI is InChI=1S/C20H18N2O6/c1-3-8-22-18(24)15-7-6-13(10-16(15)19(22)25)20(26)28-12(2)17(23)21-11-14-5-4-9-27-14/h3-7,9-10,12H,1,8,11H2,2H3,(H,21,23)/t12-/m1/s1. The van der Waals surface area contributed by atoms with Gasteiger partial charge < -0.3 is 14.5 Å². The molecular formula is C20H18N2O6. The number of furan rings is 1. The Morgan fingerprint density at radius 2 is 2.00 bits per heavy atom. The van der Waals surface area contributed by atoms with E-state index in [-0.39, 0.29) is 29.8 Å². The number of amides is 3. The molecular weight excluding hydrogens is 364 g/mol. The minimum absolute atomic E-state index is 0.0750. The van der Waals surface area contributed by atoms with E-state index in [1.54, 1.807) is 12.1 Å². The summed E-state index contributed by atoms with van der Waals surface area (Å²) in [7, 11) is 0. The Kier molecular flexibility index (Phi) is 5.39. The molecule has 0 unspecified atom stereocenters. The van der Waals surface area contributed by atoms with Gasteiger partial charge in [0, 0.05) is 6.54 Å². The Labute approximate surface area is 160 Å². The van der Waals surface area contributed by atoms with Crippen molar-refractivity contribution in [3.8, 4) is 0 Å². The predicted octanol–water partition coefficient (Wildman–Crippen LogP) is 1.92.